The molecule has 0 bridgehead atoms. The van der Waals surface area contributed by atoms with Crippen LogP contribution in [0.3, 0.4) is 0 Å². The summed E-state index contributed by atoms with van der Waals surface area (Å²) in [5.74, 6) is -0.637. The van der Waals surface area contributed by atoms with Crippen molar-refractivity contribution < 1.29 is 14.6 Å². The normalized spacial score (nSPS) is 27.4. The van der Waals surface area contributed by atoms with Gasteiger partial charge in [-0.15, -0.1) is 0 Å². The molecule has 0 radical (unpaired) electrons. The van der Waals surface area contributed by atoms with Crippen molar-refractivity contribution >= 4 is 5.97 Å². The van der Waals surface area contributed by atoms with E-state index in [0.29, 0.717) is 0 Å². The largest absolute Gasteiger partial charge is 0.457 e. The molecule has 0 aliphatic carbocycles. The van der Waals surface area contributed by atoms with Crippen LogP contribution in [0.4, 0.5) is 0 Å². The minimum absolute atomic E-state index is 0.108. The summed E-state index contributed by atoms with van der Waals surface area (Å²) < 4.78 is 5.16. The van der Waals surface area contributed by atoms with Crippen LogP contribution in [0, 0.1) is 0 Å². The molecular weight excluding hydrogens is 232 g/mol. The zero-order valence-electron chi connectivity index (χ0n) is 10.8. The van der Waals surface area contributed by atoms with Gasteiger partial charge < -0.3 is 9.84 Å². The van der Waals surface area contributed by atoms with Gasteiger partial charge in [-0.1, -0.05) is 6.07 Å². The molecule has 2 rings (SSSR count). The number of carbonyl (C=O) groups excluding carboxylic acids is 1. The van der Waals surface area contributed by atoms with Gasteiger partial charge >= 0.3 is 5.97 Å². The van der Waals surface area contributed by atoms with Crippen molar-refractivity contribution in [2.45, 2.75) is 44.6 Å². The maximum absolute atomic E-state index is 11.8. The standard InChI is InChI=1S/C13H18N2O3/c1-12(2,3)18-11(16)13(17)8-10(15-13)9-6-4-5-7-14-9/h4-7,10,15,17H,8H2,1-3H3. The van der Waals surface area contributed by atoms with Gasteiger partial charge in [0, 0.05) is 12.6 Å². The second-order valence-corrected chi connectivity index (χ2v) is 5.52. The predicted molar refractivity (Wildman–Crippen MR) is 65.5 cm³/mol. The molecular formula is C13H18N2O3. The molecule has 5 heteroatoms. The van der Waals surface area contributed by atoms with Crippen molar-refractivity contribution in [3.8, 4) is 0 Å². The highest BCUT2D eigenvalue weighted by molar-refractivity contribution is 5.80. The Morgan fingerprint density at radius 3 is 2.72 bits per heavy atom. The fourth-order valence-corrected chi connectivity index (χ4v) is 1.83. The molecule has 18 heavy (non-hydrogen) atoms. The number of hydrogen-bond donors (Lipinski definition) is 2. The van der Waals surface area contributed by atoms with E-state index in [4.69, 9.17) is 4.74 Å². The topological polar surface area (TPSA) is 71.5 Å². The Labute approximate surface area is 106 Å². The van der Waals surface area contributed by atoms with Gasteiger partial charge in [-0.3, -0.25) is 10.3 Å². The Balaban J connectivity index is 1.96. The highest BCUT2D eigenvalue weighted by Crippen LogP contribution is 2.34. The molecule has 0 amide bonds. The Bertz CT molecular complexity index is 433. The van der Waals surface area contributed by atoms with Gasteiger partial charge in [0.1, 0.15) is 5.60 Å². The van der Waals surface area contributed by atoms with Crippen LogP contribution < -0.4 is 5.32 Å². The van der Waals surface area contributed by atoms with Crippen molar-refractivity contribution in [2.24, 2.45) is 0 Å². The third kappa shape index (κ3) is 2.68. The van der Waals surface area contributed by atoms with Gasteiger partial charge in [0.25, 0.3) is 0 Å². The predicted octanol–water partition coefficient (Wildman–Crippen LogP) is 1.15. The Kier molecular flexibility index (Phi) is 3.12. The van der Waals surface area contributed by atoms with E-state index in [9.17, 15) is 9.90 Å². The van der Waals surface area contributed by atoms with Crippen LogP contribution in [-0.2, 0) is 9.53 Å². The van der Waals surface area contributed by atoms with E-state index in [0.717, 1.165) is 5.69 Å². The van der Waals surface area contributed by atoms with Crippen molar-refractivity contribution in [2.75, 3.05) is 0 Å². The molecule has 2 atom stereocenters. The first-order valence-corrected chi connectivity index (χ1v) is 5.95. The number of hydrogen-bond acceptors (Lipinski definition) is 5. The fourth-order valence-electron chi connectivity index (χ4n) is 1.83. The first-order chi connectivity index (χ1) is 8.30. The lowest BCUT2D eigenvalue weighted by Gasteiger charge is -2.43. The smallest absolute Gasteiger partial charge is 0.354 e. The van der Waals surface area contributed by atoms with Crippen LogP contribution in [-0.4, -0.2) is 27.4 Å². The first kappa shape index (κ1) is 13.0. The number of nitrogens with one attached hydrogen (secondary N) is 1. The summed E-state index contributed by atoms with van der Waals surface area (Å²) >= 11 is 0. The lowest BCUT2D eigenvalue weighted by Crippen LogP contribution is -2.65. The number of esters is 1. The summed E-state index contributed by atoms with van der Waals surface area (Å²) in [6.45, 7) is 5.30. The number of nitrogens with zero attached hydrogens (tertiary/aromatic N) is 1. The summed E-state index contributed by atoms with van der Waals surface area (Å²) in [4.78, 5) is 16.0. The van der Waals surface area contributed by atoms with E-state index in [1.165, 1.54) is 0 Å². The highest BCUT2D eigenvalue weighted by Gasteiger charge is 2.51. The molecule has 98 valence electrons. The van der Waals surface area contributed by atoms with E-state index in [1.54, 1.807) is 27.0 Å². The van der Waals surface area contributed by atoms with Gasteiger partial charge in [-0.25, -0.2) is 4.79 Å². The summed E-state index contributed by atoms with van der Waals surface area (Å²) in [6, 6.07) is 5.44. The molecule has 1 aliphatic rings. The van der Waals surface area contributed by atoms with Gasteiger partial charge in [0.2, 0.25) is 5.72 Å². The lowest BCUT2D eigenvalue weighted by atomic mass is 9.90. The van der Waals surface area contributed by atoms with Crippen molar-refractivity contribution in [1.29, 1.82) is 0 Å². The van der Waals surface area contributed by atoms with E-state index in [2.05, 4.69) is 10.3 Å². The number of pyridine rings is 1. The van der Waals surface area contributed by atoms with Crippen LogP contribution in [0.25, 0.3) is 0 Å². The number of aromatic nitrogens is 1. The Hall–Kier alpha value is -1.46. The lowest BCUT2D eigenvalue weighted by molar-refractivity contribution is -0.196. The third-order valence-corrected chi connectivity index (χ3v) is 2.69. The number of ether oxygens (including phenoxy) is 1. The van der Waals surface area contributed by atoms with Gasteiger partial charge in [-0.2, -0.15) is 0 Å². The molecule has 2 N–H and O–H groups in total. The zero-order valence-corrected chi connectivity index (χ0v) is 10.8. The average Bonchev–Trinajstić information content (AvgIpc) is 2.23. The Morgan fingerprint density at radius 1 is 1.56 bits per heavy atom. The summed E-state index contributed by atoms with van der Waals surface area (Å²) in [5, 5.41) is 12.9. The molecule has 1 aromatic rings. The molecule has 2 unspecified atom stereocenters. The van der Waals surface area contributed by atoms with E-state index >= 15 is 0 Å². The highest BCUT2D eigenvalue weighted by atomic mass is 16.6. The summed E-state index contributed by atoms with van der Waals surface area (Å²) in [7, 11) is 0. The van der Waals surface area contributed by atoms with Gasteiger partial charge in [-0.05, 0) is 32.9 Å². The molecule has 1 aromatic heterocycles. The number of carbonyl (C=O) groups is 1. The minimum atomic E-state index is -1.59. The van der Waals surface area contributed by atoms with Crippen LogP contribution in [0.2, 0.25) is 0 Å². The van der Waals surface area contributed by atoms with Crippen LogP contribution in [0.15, 0.2) is 24.4 Å². The molecule has 1 saturated heterocycles. The molecule has 1 fully saturated rings. The number of aliphatic hydroxyl groups is 1. The van der Waals surface area contributed by atoms with Crippen LogP contribution in [0.5, 0.6) is 0 Å². The monoisotopic (exact) mass is 250 g/mol. The fraction of sp³-hybridized carbons (Fsp3) is 0.538. The minimum Gasteiger partial charge on any atom is -0.457 e. The molecule has 0 spiro atoms. The zero-order chi connectivity index (χ0) is 13.4. The summed E-state index contributed by atoms with van der Waals surface area (Å²) in [6.07, 6.45) is 1.96. The maximum atomic E-state index is 11.8. The summed E-state index contributed by atoms with van der Waals surface area (Å²) in [5.41, 5.74) is -1.38. The van der Waals surface area contributed by atoms with Crippen molar-refractivity contribution in [1.82, 2.24) is 10.3 Å². The van der Waals surface area contributed by atoms with Crippen LogP contribution >= 0.6 is 0 Å². The van der Waals surface area contributed by atoms with Crippen LogP contribution in [0.1, 0.15) is 38.9 Å². The number of rotatable bonds is 2. The average molecular weight is 250 g/mol. The second-order valence-electron chi connectivity index (χ2n) is 5.52. The quantitative estimate of drug-likeness (QED) is 0.770. The SMILES string of the molecule is CC(C)(C)OC(=O)C1(O)CC(c2ccccn2)N1. The molecule has 2 heterocycles. The third-order valence-electron chi connectivity index (χ3n) is 2.69. The van der Waals surface area contributed by atoms with E-state index in [1.807, 2.05) is 18.2 Å². The van der Waals surface area contributed by atoms with E-state index in [-0.39, 0.29) is 12.5 Å². The first-order valence-electron chi connectivity index (χ1n) is 5.95. The molecule has 0 aromatic carbocycles. The maximum Gasteiger partial charge on any atom is 0.354 e. The van der Waals surface area contributed by atoms with Gasteiger partial charge in [0.15, 0.2) is 0 Å². The van der Waals surface area contributed by atoms with Gasteiger partial charge in [0.05, 0.1) is 11.7 Å². The van der Waals surface area contributed by atoms with E-state index < -0.39 is 17.3 Å². The second kappa shape index (κ2) is 4.33. The molecule has 5 nitrogen and oxygen atoms in total. The molecule has 0 saturated carbocycles. The van der Waals surface area contributed by atoms with Crippen molar-refractivity contribution in [3.05, 3.63) is 30.1 Å². The molecule has 1 aliphatic heterocycles. The van der Waals surface area contributed by atoms with Crippen molar-refractivity contribution in [3.63, 3.8) is 0 Å². The Morgan fingerprint density at radius 2 is 2.22 bits per heavy atom.